The van der Waals surface area contributed by atoms with E-state index < -0.39 is 0 Å². The van der Waals surface area contributed by atoms with E-state index in [0.29, 0.717) is 6.54 Å². The molecule has 0 unspecified atom stereocenters. The summed E-state index contributed by atoms with van der Waals surface area (Å²) >= 11 is 3.41. The molecule has 0 bridgehead atoms. The molecule has 0 radical (unpaired) electrons. The molecule has 148 valence electrons. The maximum absolute atomic E-state index is 12.5. The first-order valence-corrected chi connectivity index (χ1v) is 10.4. The monoisotopic (exact) mass is 443 g/mol. The van der Waals surface area contributed by atoms with Crippen molar-refractivity contribution >= 4 is 39.1 Å². The highest BCUT2D eigenvalue weighted by Gasteiger charge is 2.26. The molecule has 5 nitrogen and oxygen atoms in total. The van der Waals surface area contributed by atoms with E-state index in [2.05, 4.69) is 37.5 Å². The average molecular weight is 444 g/mol. The van der Waals surface area contributed by atoms with Crippen LogP contribution in [0.25, 0.3) is 0 Å². The maximum atomic E-state index is 12.5. The van der Waals surface area contributed by atoms with Crippen LogP contribution in [0.1, 0.15) is 24.0 Å². The summed E-state index contributed by atoms with van der Waals surface area (Å²) in [5.41, 5.74) is 3.90. The summed E-state index contributed by atoms with van der Waals surface area (Å²) in [6.07, 6.45) is 1.52. The minimum Gasteiger partial charge on any atom is -0.326 e. The fourth-order valence-electron chi connectivity index (χ4n) is 3.61. The van der Waals surface area contributed by atoms with Crippen molar-refractivity contribution in [2.75, 3.05) is 30.3 Å². The Morgan fingerprint density at radius 1 is 1.00 bits per heavy atom. The number of benzene rings is 2. The standard InChI is InChI=1S/C22H26BrN3O2/c1-15-10-16(2)12-20(11-15)24-21(27)14-26-8-6-17(7-9-26)22(28)25-19-5-3-4-18(23)13-19/h3-5,10-13,17H,6-9,14H2,1-2H3,(H,24,27)(H,25,28). The van der Waals surface area contributed by atoms with Crippen LogP contribution in [-0.4, -0.2) is 36.3 Å². The first-order valence-electron chi connectivity index (χ1n) is 9.56. The van der Waals surface area contributed by atoms with Crippen molar-refractivity contribution in [2.24, 2.45) is 5.92 Å². The number of rotatable bonds is 5. The molecule has 0 aliphatic carbocycles. The molecule has 2 amide bonds. The summed E-state index contributed by atoms with van der Waals surface area (Å²) in [5, 5.41) is 5.96. The molecular weight excluding hydrogens is 418 g/mol. The molecule has 3 rings (SSSR count). The van der Waals surface area contributed by atoms with Crippen LogP contribution in [0, 0.1) is 19.8 Å². The Hall–Kier alpha value is -2.18. The number of halogens is 1. The Kier molecular flexibility index (Phi) is 6.86. The summed E-state index contributed by atoms with van der Waals surface area (Å²) in [7, 11) is 0. The van der Waals surface area contributed by atoms with Gasteiger partial charge in [0.2, 0.25) is 11.8 Å². The number of hydrogen-bond acceptors (Lipinski definition) is 3. The van der Waals surface area contributed by atoms with E-state index in [1.165, 1.54) is 0 Å². The number of carbonyl (C=O) groups is 2. The van der Waals surface area contributed by atoms with Crippen molar-refractivity contribution in [2.45, 2.75) is 26.7 Å². The largest absolute Gasteiger partial charge is 0.326 e. The Balaban J connectivity index is 1.45. The van der Waals surface area contributed by atoms with E-state index in [4.69, 9.17) is 0 Å². The summed E-state index contributed by atoms with van der Waals surface area (Å²) in [4.78, 5) is 27.0. The number of hydrogen-bond donors (Lipinski definition) is 2. The SMILES string of the molecule is Cc1cc(C)cc(NC(=O)CN2CCC(C(=O)Nc3cccc(Br)c3)CC2)c1. The second-order valence-corrected chi connectivity index (χ2v) is 8.39. The number of anilines is 2. The first kappa shape index (κ1) is 20.6. The second kappa shape index (κ2) is 9.34. The molecule has 1 saturated heterocycles. The van der Waals surface area contributed by atoms with Crippen molar-refractivity contribution in [3.63, 3.8) is 0 Å². The molecule has 1 heterocycles. The van der Waals surface area contributed by atoms with Gasteiger partial charge in [0, 0.05) is 21.8 Å². The zero-order valence-corrected chi connectivity index (χ0v) is 17.9. The normalized spacial score (nSPS) is 15.2. The zero-order chi connectivity index (χ0) is 20.1. The fourth-order valence-corrected chi connectivity index (χ4v) is 4.01. The molecule has 0 saturated carbocycles. The molecule has 0 aromatic heterocycles. The average Bonchev–Trinajstić information content (AvgIpc) is 2.61. The number of nitrogens with one attached hydrogen (secondary N) is 2. The lowest BCUT2D eigenvalue weighted by Crippen LogP contribution is -2.41. The Bertz CT molecular complexity index is 840. The van der Waals surface area contributed by atoms with Crippen molar-refractivity contribution in [3.8, 4) is 0 Å². The number of aryl methyl sites for hydroxylation is 2. The lowest BCUT2D eigenvalue weighted by Gasteiger charge is -2.30. The minimum atomic E-state index is -0.0160. The van der Waals surface area contributed by atoms with Gasteiger partial charge >= 0.3 is 0 Å². The number of carbonyl (C=O) groups excluding carboxylic acids is 2. The molecule has 2 aromatic rings. The van der Waals surface area contributed by atoms with Crippen molar-refractivity contribution < 1.29 is 9.59 Å². The predicted molar refractivity (Wildman–Crippen MR) is 116 cm³/mol. The zero-order valence-electron chi connectivity index (χ0n) is 16.3. The third-order valence-electron chi connectivity index (χ3n) is 4.92. The minimum absolute atomic E-state index is 0.0120. The number of nitrogens with zero attached hydrogens (tertiary/aromatic N) is 1. The maximum Gasteiger partial charge on any atom is 0.238 e. The summed E-state index contributed by atoms with van der Waals surface area (Å²) in [5.74, 6) is 0.0252. The van der Waals surface area contributed by atoms with Crippen molar-refractivity contribution in [1.82, 2.24) is 4.90 Å². The van der Waals surface area contributed by atoms with Gasteiger partial charge in [-0.1, -0.05) is 28.1 Å². The van der Waals surface area contributed by atoms with Crippen molar-refractivity contribution in [1.29, 1.82) is 0 Å². The topological polar surface area (TPSA) is 61.4 Å². The van der Waals surface area contributed by atoms with Crippen LogP contribution in [-0.2, 0) is 9.59 Å². The van der Waals surface area contributed by atoms with E-state index in [9.17, 15) is 9.59 Å². The Morgan fingerprint density at radius 2 is 1.68 bits per heavy atom. The number of amides is 2. The van der Waals surface area contributed by atoms with E-state index >= 15 is 0 Å². The molecule has 2 aromatic carbocycles. The van der Waals surface area contributed by atoms with Crippen LogP contribution >= 0.6 is 15.9 Å². The van der Waals surface area contributed by atoms with E-state index in [-0.39, 0.29) is 17.7 Å². The van der Waals surface area contributed by atoms with Gasteiger partial charge < -0.3 is 10.6 Å². The van der Waals surface area contributed by atoms with E-state index in [0.717, 1.165) is 52.9 Å². The molecule has 0 atom stereocenters. The number of likely N-dealkylation sites (tertiary alicyclic amines) is 1. The smallest absolute Gasteiger partial charge is 0.238 e. The van der Waals surface area contributed by atoms with Crippen LogP contribution in [0.15, 0.2) is 46.9 Å². The highest BCUT2D eigenvalue weighted by Crippen LogP contribution is 2.21. The molecule has 28 heavy (non-hydrogen) atoms. The van der Waals surface area contributed by atoms with Gasteiger partial charge in [-0.2, -0.15) is 0 Å². The van der Waals surface area contributed by atoms with Crippen LogP contribution in [0.3, 0.4) is 0 Å². The van der Waals surface area contributed by atoms with E-state index in [1.54, 1.807) is 0 Å². The Labute approximate surface area is 174 Å². The van der Waals surface area contributed by atoms with Gasteiger partial charge in [-0.05, 0) is 81.2 Å². The first-order chi connectivity index (χ1) is 13.4. The van der Waals surface area contributed by atoms with Crippen LogP contribution in [0.5, 0.6) is 0 Å². The van der Waals surface area contributed by atoms with Gasteiger partial charge in [-0.15, -0.1) is 0 Å². The molecule has 0 spiro atoms. The summed E-state index contributed by atoms with van der Waals surface area (Å²) in [6, 6.07) is 13.6. The van der Waals surface area contributed by atoms with Crippen LogP contribution < -0.4 is 10.6 Å². The molecule has 1 aliphatic rings. The van der Waals surface area contributed by atoms with E-state index in [1.807, 2.05) is 50.2 Å². The van der Waals surface area contributed by atoms with Gasteiger partial charge in [0.1, 0.15) is 0 Å². The van der Waals surface area contributed by atoms with Crippen LogP contribution in [0.4, 0.5) is 11.4 Å². The molecular formula is C22H26BrN3O2. The highest BCUT2D eigenvalue weighted by atomic mass is 79.9. The Morgan fingerprint density at radius 3 is 2.32 bits per heavy atom. The predicted octanol–water partition coefficient (Wildman–Crippen LogP) is 4.36. The highest BCUT2D eigenvalue weighted by molar-refractivity contribution is 9.10. The number of piperidine rings is 1. The van der Waals surface area contributed by atoms with Gasteiger partial charge in [-0.25, -0.2) is 0 Å². The van der Waals surface area contributed by atoms with Gasteiger partial charge in [0.25, 0.3) is 0 Å². The third-order valence-corrected chi connectivity index (χ3v) is 5.42. The third kappa shape index (κ3) is 5.91. The molecule has 1 aliphatic heterocycles. The van der Waals surface area contributed by atoms with Crippen molar-refractivity contribution in [3.05, 3.63) is 58.1 Å². The summed E-state index contributed by atoms with van der Waals surface area (Å²) < 4.78 is 0.940. The molecule has 1 fully saturated rings. The summed E-state index contributed by atoms with van der Waals surface area (Å²) in [6.45, 7) is 5.89. The van der Waals surface area contributed by atoms with Gasteiger partial charge in [0.05, 0.1) is 6.54 Å². The lowest BCUT2D eigenvalue weighted by molar-refractivity contribution is -0.121. The second-order valence-electron chi connectivity index (χ2n) is 7.47. The lowest BCUT2D eigenvalue weighted by atomic mass is 9.96. The molecule has 6 heteroatoms. The molecule has 2 N–H and O–H groups in total. The van der Waals surface area contributed by atoms with Gasteiger partial charge in [-0.3, -0.25) is 14.5 Å². The van der Waals surface area contributed by atoms with Crippen LogP contribution in [0.2, 0.25) is 0 Å². The quantitative estimate of drug-likeness (QED) is 0.721. The fraction of sp³-hybridized carbons (Fsp3) is 0.364. The van der Waals surface area contributed by atoms with Gasteiger partial charge in [0.15, 0.2) is 0 Å².